The first kappa shape index (κ1) is 15.9. The second-order valence-electron chi connectivity index (χ2n) is 5.85. The molecule has 0 radical (unpaired) electrons. The highest BCUT2D eigenvalue weighted by Gasteiger charge is 2.84. The number of cyclic esters (lactones) is 2. The van der Waals surface area contributed by atoms with Gasteiger partial charge in [0.25, 0.3) is 0 Å². The Bertz CT molecular complexity index is 700. The molecule has 0 aromatic rings. The van der Waals surface area contributed by atoms with Crippen molar-refractivity contribution < 1.29 is 14.3 Å². The Kier molecular flexibility index (Phi) is 3.10. The lowest BCUT2D eigenvalue weighted by Gasteiger charge is -2.40. The van der Waals surface area contributed by atoms with Gasteiger partial charge >= 0.3 is 11.9 Å². The lowest BCUT2D eigenvalue weighted by molar-refractivity contribution is -0.154. The van der Waals surface area contributed by atoms with Crippen molar-refractivity contribution in [2.75, 3.05) is 0 Å². The number of hydrogen-bond acceptors (Lipinski definition) is 3. The van der Waals surface area contributed by atoms with E-state index in [-0.39, 0.29) is 10.1 Å². The normalized spacial score (nSPS) is 51.2. The number of ether oxygens (including phenoxy) is 1. The monoisotopic (exact) mass is 420 g/mol. The van der Waals surface area contributed by atoms with Crippen molar-refractivity contribution >= 4 is 81.5 Å². The molecule has 1 heterocycles. The van der Waals surface area contributed by atoms with Crippen LogP contribution in [-0.2, 0) is 14.3 Å². The fourth-order valence-corrected chi connectivity index (χ4v) is 7.15. The van der Waals surface area contributed by atoms with Crippen LogP contribution in [0, 0.1) is 23.7 Å². The molecule has 22 heavy (non-hydrogen) atoms. The number of hydrogen-bond donors (Lipinski definition) is 0. The number of rotatable bonds is 0. The van der Waals surface area contributed by atoms with Gasteiger partial charge in [-0.3, -0.25) is 9.59 Å². The quantitative estimate of drug-likeness (QED) is 0.257. The summed E-state index contributed by atoms with van der Waals surface area (Å²) in [6.07, 6.45) is 3.25. The Morgan fingerprint density at radius 2 is 1.50 bits per heavy atom. The summed E-state index contributed by atoms with van der Waals surface area (Å²) in [5, 5.41) is 0.0798. The average molecular weight is 423 g/mol. The van der Waals surface area contributed by atoms with Gasteiger partial charge in [0.05, 0.1) is 21.9 Å². The zero-order chi connectivity index (χ0) is 16.2. The molecule has 9 heteroatoms. The van der Waals surface area contributed by atoms with Crippen LogP contribution in [0.1, 0.15) is 0 Å². The summed E-state index contributed by atoms with van der Waals surface area (Å²) in [5.74, 6) is -4.11. The van der Waals surface area contributed by atoms with E-state index in [1.54, 1.807) is 12.2 Å². The molecule has 3 aliphatic carbocycles. The highest BCUT2D eigenvalue weighted by atomic mass is 35.5. The molecule has 6 unspecified atom stereocenters. The van der Waals surface area contributed by atoms with Crippen molar-refractivity contribution in [1.82, 2.24) is 0 Å². The van der Waals surface area contributed by atoms with E-state index in [0.717, 1.165) is 0 Å². The summed E-state index contributed by atoms with van der Waals surface area (Å²) in [5.41, 5.74) is 0. The van der Waals surface area contributed by atoms with Gasteiger partial charge in [-0.15, -0.1) is 23.2 Å². The van der Waals surface area contributed by atoms with Crippen molar-refractivity contribution in [2.45, 2.75) is 14.1 Å². The van der Waals surface area contributed by atoms with Gasteiger partial charge in [-0.05, 0) is 0 Å². The first-order chi connectivity index (χ1) is 10.1. The van der Waals surface area contributed by atoms with Crippen LogP contribution in [0.3, 0.4) is 0 Å². The minimum absolute atomic E-state index is 0.0123. The maximum atomic E-state index is 12.1. The van der Waals surface area contributed by atoms with E-state index >= 15 is 0 Å². The largest absolute Gasteiger partial charge is 0.392 e. The molecule has 4 rings (SSSR count). The Balaban J connectivity index is 1.99. The van der Waals surface area contributed by atoms with Gasteiger partial charge in [-0.1, -0.05) is 58.6 Å². The van der Waals surface area contributed by atoms with Crippen molar-refractivity contribution in [3.8, 4) is 0 Å². The second kappa shape index (κ2) is 4.30. The number of fused-ring (bicyclic) bond motifs is 7. The number of carbonyl (C=O) groups excluding carboxylic acids is 2. The molecule has 0 spiro atoms. The van der Waals surface area contributed by atoms with Crippen molar-refractivity contribution in [1.29, 1.82) is 0 Å². The Morgan fingerprint density at radius 1 is 0.909 bits per heavy atom. The molecular formula is C13H6Cl6O3. The third-order valence-electron chi connectivity index (χ3n) is 5.10. The Hall–Kier alpha value is 0.360. The van der Waals surface area contributed by atoms with Gasteiger partial charge in [0.15, 0.2) is 4.33 Å². The van der Waals surface area contributed by atoms with Crippen LogP contribution in [0.15, 0.2) is 22.2 Å². The van der Waals surface area contributed by atoms with Gasteiger partial charge in [-0.2, -0.15) is 0 Å². The molecule has 4 aliphatic rings. The van der Waals surface area contributed by atoms with Crippen molar-refractivity contribution in [2.24, 2.45) is 23.7 Å². The lowest BCUT2D eigenvalue weighted by Crippen LogP contribution is -2.47. The summed E-state index contributed by atoms with van der Waals surface area (Å²) in [7, 11) is 0. The third kappa shape index (κ3) is 1.34. The standard InChI is InChI=1S/C13H6Cl6O3/c14-7-8(15)12(17)6-4(11(7,16)13(12,18)19)2-1-3-5(6)10(21)22-9(3)20/h1-6H. The smallest absolute Gasteiger partial charge is 0.321 e. The zero-order valence-electron chi connectivity index (χ0n) is 10.5. The van der Waals surface area contributed by atoms with E-state index in [2.05, 4.69) is 0 Å². The van der Waals surface area contributed by atoms with E-state index < -0.39 is 49.7 Å². The van der Waals surface area contributed by atoms with Gasteiger partial charge in [0, 0.05) is 11.8 Å². The predicted octanol–water partition coefficient (Wildman–Crippen LogP) is 3.95. The van der Waals surface area contributed by atoms with Gasteiger partial charge in [-0.25, -0.2) is 0 Å². The van der Waals surface area contributed by atoms with E-state index in [1.165, 1.54) is 0 Å². The highest BCUT2D eigenvalue weighted by Crippen LogP contribution is 2.78. The summed E-state index contributed by atoms with van der Waals surface area (Å²) >= 11 is 38.8. The first-order valence-electron chi connectivity index (χ1n) is 6.36. The lowest BCUT2D eigenvalue weighted by atomic mass is 9.66. The average Bonchev–Trinajstić information content (AvgIpc) is 2.86. The van der Waals surface area contributed by atoms with Gasteiger partial charge < -0.3 is 4.74 Å². The molecule has 1 aliphatic heterocycles. The summed E-state index contributed by atoms with van der Waals surface area (Å²) < 4.78 is 2.98. The molecule has 0 aromatic heterocycles. The van der Waals surface area contributed by atoms with Crippen LogP contribution in [0.5, 0.6) is 0 Å². The second-order valence-corrected chi connectivity index (χ2v) is 9.13. The highest BCUT2D eigenvalue weighted by molar-refractivity contribution is 6.65. The van der Waals surface area contributed by atoms with E-state index in [1.807, 2.05) is 0 Å². The first-order valence-corrected chi connectivity index (χ1v) is 8.62. The maximum Gasteiger partial charge on any atom is 0.321 e. The predicted molar refractivity (Wildman–Crippen MR) is 84.5 cm³/mol. The fourth-order valence-electron chi connectivity index (χ4n) is 4.13. The Morgan fingerprint density at radius 3 is 2.14 bits per heavy atom. The molecule has 6 atom stereocenters. The number of allylic oxidation sites excluding steroid dienone is 3. The van der Waals surface area contributed by atoms with Crippen LogP contribution in [-0.4, -0.2) is 26.0 Å². The number of alkyl halides is 4. The molecule has 1 saturated carbocycles. The van der Waals surface area contributed by atoms with Crippen LogP contribution in [0.25, 0.3) is 0 Å². The number of halogens is 6. The number of esters is 2. The Labute approximate surface area is 155 Å². The molecule has 0 aromatic carbocycles. The van der Waals surface area contributed by atoms with Crippen LogP contribution in [0.4, 0.5) is 0 Å². The van der Waals surface area contributed by atoms with Crippen molar-refractivity contribution in [3.05, 3.63) is 22.2 Å². The summed E-state index contributed by atoms with van der Waals surface area (Å²) in [4.78, 5) is 20.9. The molecule has 0 amide bonds. The topological polar surface area (TPSA) is 43.4 Å². The molecule has 1 saturated heterocycles. The van der Waals surface area contributed by atoms with E-state index in [4.69, 9.17) is 74.3 Å². The SMILES string of the molecule is O=C1OC(=O)C2C1C=CC1C2C2(Cl)C(Cl)=C(Cl)C1(Cl)C2(Cl)Cl. The minimum atomic E-state index is -1.74. The van der Waals surface area contributed by atoms with Crippen molar-refractivity contribution in [3.63, 3.8) is 0 Å². The van der Waals surface area contributed by atoms with Crippen LogP contribution in [0.2, 0.25) is 0 Å². The molecule has 2 bridgehead atoms. The minimum Gasteiger partial charge on any atom is -0.392 e. The van der Waals surface area contributed by atoms with Crippen LogP contribution < -0.4 is 0 Å². The molecule has 118 valence electrons. The van der Waals surface area contributed by atoms with Crippen LogP contribution >= 0.6 is 69.6 Å². The third-order valence-corrected chi connectivity index (χ3v) is 9.39. The van der Waals surface area contributed by atoms with E-state index in [0.29, 0.717) is 0 Å². The fraction of sp³-hybridized carbons (Fsp3) is 0.538. The zero-order valence-corrected chi connectivity index (χ0v) is 15.0. The summed E-state index contributed by atoms with van der Waals surface area (Å²) in [6.45, 7) is 0. The molecular weight excluding hydrogens is 417 g/mol. The molecule has 0 N–H and O–H groups in total. The van der Waals surface area contributed by atoms with Gasteiger partial charge in [0.1, 0.15) is 9.75 Å². The molecule has 2 fully saturated rings. The number of carbonyl (C=O) groups is 2. The summed E-state index contributed by atoms with van der Waals surface area (Å²) in [6, 6.07) is 0. The van der Waals surface area contributed by atoms with Gasteiger partial charge in [0.2, 0.25) is 0 Å². The maximum absolute atomic E-state index is 12.1. The van der Waals surface area contributed by atoms with E-state index in [9.17, 15) is 9.59 Å². The molecule has 3 nitrogen and oxygen atoms in total.